The van der Waals surface area contributed by atoms with Crippen LogP contribution in [0.15, 0.2) is 53.4 Å². The van der Waals surface area contributed by atoms with E-state index in [1.807, 2.05) is 36.9 Å². The molecule has 138 valence electrons. The summed E-state index contributed by atoms with van der Waals surface area (Å²) in [4.78, 5) is 25.8. The molecule has 7 nitrogen and oxygen atoms in total. The molecule has 0 aliphatic heterocycles. The first-order valence-corrected chi connectivity index (χ1v) is 9.49. The number of benzene rings is 2. The Balaban J connectivity index is 1.81. The van der Waals surface area contributed by atoms with Gasteiger partial charge in [0.05, 0.1) is 4.90 Å². The minimum absolute atomic E-state index is 0.0352. The molecule has 0 radical (unpaired) electrons. The Hall–Kier alpha value is -2.71. The summed E-state index contributed by atoms with van der Waals surface area (Å²) in [6, 6.07) is 13.3. The maximum absolute atomic E-state index is 12.0. The van der Waals surface area contributed by atoms with Gasteiger partial charge in [0.1, 0.15) is 0 Å². The smallest absolute Gasteiger partial charge is 0.257 e. The summed E-state index contributed by atoms with van der Waals surface area (Å²) in [5.41, 5.74) is 4.73. The summed E-state index contributed by atoms with van der Waals surface area (Å²) < 4.78 is 24.0. The van der Waals surface area contributed by atoms with Crippen LogP contribution in [-0.2, 0) is 19.6 Å². The van der Waals surface area contributed by atoms with Gasteiger partial charge in [-0.05, 0) is 43.2 Å². The molecule has 0 heterocycles. The molecule has 0 bridgehead atoms. The van der Waals surface area contributed by atoms with Gasteiger partial charge in [-0.3, -0.25) is 15.0 Å². The van der Waals surface area contributed by atoms with Crippen LogP contribution in [-0.4, -0.2) is 20.2 Å². The number of anilines is 1. The van der Waals surface area contributed by atoms with E-state index in [0.29, 0.717) is 5.69 Å². The quantitative estimate of drug-likeness (QED) is 0.644. The monoisotopic (exact) mass is 375 g/mol. The third-order valence-electron chi connectivity index (χ3n) is 3.62. The first kappa shape index (κ1) is 19.6. The van der Waals surface area contributed by atoms with Crippen LogP contribution in [0.5, 0.6) is 0 Å². The summed E-state index contributed by atoms with van der Waals surface area (Å²) >= 11 is 0. The Labute approximate surface area is 152 Å². The van der Waals surface area contributed by atoms with Gasteiger partial charge < -0.3 is 5.32 Å². The molecule has 0 atom stereocenters. The molecule has 3 N–H and O–H groups in total. The highest BCUT2D eigenvalue weighted by Gasteiger charge is 2.15. The maximum atomic E-state index is 12.0. The van der Waals surface area contributed by atoms with Gasteiger partial charge >= 0.3 is 0 Å². The minimum atomic E-state index is -3.84. The van der Waals surface area contributed by atoms with Crippen LogP contribution in [0, 0.1) is 13.8 Å². The summed E-state index contributed by atoms with van der Waals surface area (Å²) in [6.07, 6.45) is -0.208. The fourth-order valence-electron chi connectivity index (χ4n) is 2.16. The topological polar surface area (TPSA) is 104 Å². The van der Waals surface area contributed by atoms with Gasteiger partial charge in [0.25, 0.3) is 10.0 Å². The third kappa shape index (κ3) is 5.68. The molecule has 26 heavy (non-hydrogen) atoms. The Kier molecular flexibility index (Phi) is 6.48. The van der Waals surface area contributed by atoms with Crippen molar-refractivity contribution in [2.75, 3.05) is 5.32 Å². The second-order valence-electron chi connectivity index (χ2n) is 5.83. The zero-order valence-electron chi connectivity index (χ0n) is 14.6. The lowest BCUT2D eigenvalue weighted by molar-refractivity contribution is -0.124. The maximum Gasteiger partial charge on any atom is 0.257 e. The Morgan fingerprint density at radius 2 is 1.58 bits per heavy atom. The number of nitrogens with one attached hydrogen (secondary N) is 3. The lowest BCUT2D eigenvalue weighted by Crippen LogP contribution is -2.41. The molecule has 0 aromatic heterocycles. The van der Waals surface area contributed by atoms with Crippen molar-refractivity contribution in [1.29, 1.82) is 0 Å². The predicted molar refractivity (Wildman–Crippen MR) is 98.7 cm³/mol. The van der Waals surface area contributed by atoms with E-state index in [9.17, 15) is 18.0 Å². The molecule has 0 spiro atoms. The summed E-state index contributed by atoms with van der Waals surface area (Å²) in [6.45, 7) is 3.79. The number of amides is 2. The van der Waals surface area contributed by atoms with Crippen LogP contribution in [0.2, 0.25) is 0 Å². The number of carbonyl (C=O) groups excluding carboxylic acids is 2. The number of carbonyl (C=O) groups is 2. The molecule has 0 unspecified atom stereocenters. The third-order valence-corrected chi connectivity index (χ3v) is 4.89. The van der Waals surface area contributed by atoms with Gasteiger partial charge in [-0.15, -0.1) is 4.83 Å². The van der Waals surface area contributed by atoms with E-state index in [0.717, 1.165) is 11.1 Å². The highest BCUT2D eigenvalue weighted by molar-refractivity contribution is 7.89. The van der Waals surface area contributed by atoms with Gasteiger partial charge in [-0.1, -0.05) is 30.3 Å². The predicted octanol–water partition coefficient (Wildman–Crippen LogP) is 2.03. The van der Waals surface area contributed by atoms with Crippen LogP contribution in [0.4, 0.5) is 5.69 Å². The summed E-state index contributed by atoms with van der Waals surface area (Å²) in [5.74, 6) is -0.916. The van der Waals surface area contributed by atoms with Crippen molar-refractivity contribution in [3.8, 4) is 0 Å². The molecule has 8 heteroatoms. The second kappa shape index (κ2) is 8.59. The first-order valence-electron chi connectivity index (χ1n) is 8.01. The lowest BCUT2D eigenvalue weighted by Gasteiger charge is -2.10. The molecular formula is C18H21N3O4S. The molecule has 0 saturated heterocycles. The molecule has 2 aromatic carbocycles. The summed E-state index contributed by atoms with van der Waals surface area (Å²) in [7, 11) is -3.84. The van der Waals surface area contributed by atoms with Gasteiger partial charge in [0.2, 0.25) is 11.8 Å². The van der Waals surface area contributed by atoms with Crippen LogP contribution in [0.3, 0.4) is 0 Å². The van der Waals surface area contributed by atoms with Crippen molar-refractivity contribution in [3.05, 3.63) is 59.7 Å². The van der Waals surface area contributed by atoms with Crippen molar-refractivity contribution in [2.24, 2.45) is 0 Å². The first-order chi connectivity index (χ1) is 12.3. The van der Waals surface area contributed by atoms with E-state index in [-0.39, 0.29) is 23.6 Å². The Morgan fingerprint density at radius 1 is 0.923 bits per heavy atom. The van der Waals surface area contributed by atoms with Crippen LogP contribution in [0.25, 0.3) is 0 Å². The van der Waals surface area contributed by atoms with Gasteiger partial charge in [-0.2, -0.15) is 0 Å². The van der Waals surface area contributed by atoms with Crippen molar-refractivity contribution in [2.45, 2.75) is 31.6 Å². The fraction of sp³-hybridized carbons (Fsp3) is 0.222. The number of hydrogen-bond donors (Lipinski definition) is 3. The highest BCUT2D eigenvalue weighted by atomic mass is 32.2. The van der Waals surface area contributed by atoms with Crippen molar-refractivity contribution in [1.82, 2.24) is 10.3 Å². The molecule has 0 saturated carbocycles. The van der Waals surface area contributed by atoms with Gasteiger partial charge in [0.15, 0.2) is 0 Å². The number of hydrogen-bond acceptors (Lipinski definition) is 4. The van der Waals surface area contributed by atoms with E-state index >= 15 is 0 Å². The molecule has 0 fully saturated rings. The van der Waals surface area contributed by atoms with Crippen LogP contribution in [0.1, 0.15) is 24.0 Å². The Bertz CT molecular complexity index is 896. The highest BCUT2D eigenvalue weighted by Crippen LogP contribution is 2.16. The van der Waals surface area contributed by atoms with Crippen molar-refractivity contribution in [3.63, 3.8) is 0 Å². The van der Waals surface area contributed by atoms with Gasteiger partial charge in [-0.25, -0.2) is 8.42 Å². The minimum Gasteiger partial charge on any atom is -0.326 e. The van der Waals surface area contributed by atoms with E-state index in [2.05, 4.69) is 10.7 Å². The molecule has 0 aliphatic carbocycles. The second-order valence-corrected chi connectivity index (χ2v) is 7.52. The number of rotatable bonds is 7. The molecule has 2 aromatic rings. The van der Waals surface area contributed by atoms with Gasteiger partial charge in [0, 0.05) is 18.5 Å². The lowest BCUT2D eigenvalue weighted by atomic mass is 10.1. The van der Waals surface area contributed by atoms with E-state index < -0.39 is 15.9 Å². The fourth-order valence-corrected chi connectivity index (χ4v) is 3.04. The van der Waals surface area contributed by atoms with E-state index in [1.165, 1.54) is 12.1 Å². The Morgan fingerprint density at radius 3 is 2.27 bits per heavy atom. The van der Waals surface area contributed by atoms with Crippen LogP contribution < -0.4 is 15.6 Å². The number of aryl methyl sites for hydroxylation is 2. The standard InChI is InChI=1S/C18H21N3O4S/c1-13-8-9-14(2)16(12-13)19-17(22)10-11-18(23)20-21-26(24,25)15-6-4-3-5-7-15/h3-9,12,21H,10-11H2,1-2H3,(H,19,22)(H,20,23). The average Bonchev–Trinajstić information content (AvgIpc) is 2.62. The molecule has 2 amide bonds. The average molecular weight is 375 g/mol. The number of hydrazine groups is 1. The van der Waals surface area contributed by atoms with Crippen LogP contribution >= 0.6 is 0 Å². The zero-order chi connectivity index (χ0) is 19.2. The van der Waals surface area contributed by atoms with E-state index in [4.69, 9.17) is 0 Å². The molecule has 2 rings (SSSR count). The SMILES string of the molecule is Cc1ccc(C)c(NC(=O)CCC(=O)NNS(=O)(=O)c2ccccc2)c1. The normalized spacial score (nSPS) is 11.0. The van der Waals surface area contributed by atoms with E-state index in [1.54, 1.807) is 18.2 Å². The summed E-state index contributed by atoms with van der Waals surface area (Å²) in [5, 5.41) is 2.75. The molecular weight excluding hydrogens is 354 g/mol. The largest absolute Gasteiger partial charge is 0.326 e. The number of sulfonamides is 1. The van der Waals surface area contributed by atoms with Crippen molar-refractivity contribution >= 4 is 27.5 Å². The van der Waals surface area contributed by atoms with Crippen molar-refractivity contribution < 1.29 is 18.0 Å². The molecule has 0 aliphatic rings. The zero-order valence-corrected chi connectivity index (χ0v) is 15.4.